The standard InChI is InChI=1S/C67H118O6/c1-4-7-10-13-16-19-22-25-28-30-32-33-35-36-39-42-45-48-51-54-57-60-66(69)72-63-64(62-71-65(68)59-56-53-50-47-44-41-38-27-24-21-18-15-12-9-6-3)73-67(70)61-58-55-52-49-46-43-40-37-34-31-29-26-23-20-17-14-11-8-5-2/h8,11,17,20,26-27,29-30,32,34,37-38,64H,4-7,9-10,12-16,18-19,21-25,28,31,33,35-36,39-63H2,1-3H3/b11-8-,20-17-,29-26-,32-30-,37-34-,38-27-. The van der Waals surface area contributed by atoms with Crippen LogP contribution < -0.4 is 0 Å². The van der Waals surface area contributed by atoms with Gasteiger partial charge in [0.25, 0.3) is 0 Å². The Labute approximate surface area is 453 Å². The van der Waals surface area contributed by atoms with Gasteiger partial charge in [-0.15, -0.1) is 0 Å². The number of esters is 3. The Bertz CT molecular complexity index is 1360. The molecular weight excluding hydrogens is 901 g/mol. The molecule has 0 aliphatic carbocycles. The molecular formula is C67H118O6. The highest BCUT2D eigenvalue weighted by Crippen LogP contribution is 2.16. The van der Waals surface area contributed by atoms with E-state index in [4.69, 9.17) is 14.2 Å². The van der Waals surface area contributed by atoms with Crippen LogP contribution in [0.15, 0.2) is 72.9 Å². The van der Waals surface area contributed by atoms with Gasteiger partial charge in [0.05, 0.1) is 0 Å². The minimum Gasteiger partial charge on any atom is -0.462 e. The topological polar surface area (TPSA) is 78.9 Å². The molecule has 0 bridgehead atoms. The van der Waals surface area contributed by atoms with E-state index < -0.39 is 6.10 Å². The van der Waals surface area contributed by atoms with E-state index in [9.17, 15) is 14.4 Å². The first-order valence-corrected chi connectivity index (χ1v) is 31.4. The number of hydrogen-bond acceptors (Lipinski definition) is 6. The number of hydrogen-bond donors (Lipinski definition) is 0. The van der Waals surface area contributed by atoms with Crippen LogP contribution in [0.4, 0.5) is 0 Å². The van der Waals surface area contributed by atoms with E-state index in [0.717, 1.165) is 103 Å². The van der Waals surface area contributed by atoms with Gasteiger partial charge in [-0.3, -0.25) is 14.4 Å². The first-order valence-electron chi connectivity index (χ1n) is 31.4. The fourth-order valence-electron chi connectivity index (χ4n) is 8.95. The predicted octanol–water partition coefficient (Wildman–Crippen LogP) is 21.3. The highest BCUT2D eigenvalue weighted by molar-refractivity contribution is 5.71. The summed E-state index contributed by atoms with van der Waals surface area (Å²) in [7, 11) is 0. The number of carbonyl (C=O) groups is 3. The largest absolute Gasteiger partial charge is 0.462 e. The number of unbranched alkanes of at least 4 members (excludes halogenated alkanes) is 34. The summed E-state index contributed by atoms with van der Waals surface area (Å²) in [6.07, 6.45) is 79.0. The minimum absolute atomic E-state index is 0.0837. The lowest BCUT2D eigenvalue weighted by Crippen LogP contribution is -2.30. The van der Waals surface area contributed by atoms with E-state index >= 15 is 0 Å². The summed E-state index contributed by atoms with van der Waals surface area (Å²) in [4.78, 5) is 38.3. The molecule has 0 aromatic carbocycles. The zero-order valence-electron chi connectivity index (χ0n) is 48.4. The molecule has 6 heteroatoms. The van der Waals surface area contributed by atoms with Crippen molar-refractivity contribution in [2.24, 2.45) is 0 Å². The zero-order chi connectivity index (χ0) is 52.9. The molecule has 0 heterocycles. The van der Waals surface area contributed by atoms with Crippen LogP contribution in [0.5, 0.6) is 0 Å². The Kier molecular flexibility index (Phi) is 58.7. The van der Waals surface area contributed by atoms with Gasteiger partial charge in [0.1, 0.15) is 13.2 Å². The van der Waals surface area contributed by atoms with Crippen molar-refractivity contribution < 1.29 is 28.6 Å². The normalized spacial score (nSPS) is 12.5. The second-order valence-electron chi connectivity index (χ2n) is 20.9. The summed E-state index contributed by atoms with van der Waals surface area (Å²) >= 11 is 0. The highest BCUT2D eigenvalue weighted by Gasteiger charge is 2.19. The van der Waals surface area contributed by atoms with Crippen LogP contribution in [0.2, 0.25) is 0 Å². The smallest absolute Gasteiger partial charge is 0.306 e. The Morgan fingerprint density at radius 2 is 0.534 bits per heavy atom. The quantitative estimate of drug-likeness (QED) is 0.0261. The van der Waals surface area contributed by atoms with Crippen molar-refractivity contribution >= 4 is 17.9 Å². The summed E-state index contributed by atoms with van der Waals surface area (Å²) in [5, 5.41) is 0. The molecule has 0 spiro atoms. The van der Waals surface area contributed by atoms with Crippen molar-refractivity contribution in [3.63, 3.8) is 0 Å². The molecule has 0 amide bonds. The highest BCUT2D eigenvalue weighted by atomic mass is 16.6. The van der Waals surface area contributed by atoms with Crippen LogP contribution >= 0.6 is 0 Å². The first kappa shape index (κ1) is 69.8. The molecule has 73 heavy (non-hydrogen) atoms. The van der Waals surface area contributed by atoms with Crippen molar-refractivity contribution in [2.45, 2.75) is 322 Å². The number of ether oxygens (including phenoxy) is 3. The summed E-state index contributed by atoms with van der Waals surface area (Å²) in [5.41, 5.74) is 0. The molecule has 422 valence electrons. The molecule has 0 aromatic heterocycles. The van der Waals surface area contributed by atoms with Crippen LogP contribution in [-0.4, -0.2) is 37.2 Å². The van der Waals surface area contributed by atoms with Gasteiger partial charge in [-0.05, 0) is 109 Å². The predicted molar refractivity (Wildman–Crippen MR) is 316 cm³/mol. The summed E-state index contributed by atoms with van der Waals surface area (Å²) < 4.78 is 16.9. The fraction of sp³-hybridized carbons (Fsp3) is 0.776. The lowest BCUT2D eigenvalue weighted by Gasteiger charge is -2.18. The molecule has 1 unspecified atom stereocenters. The molecule has 0 radical (unpaired) electrons. The van der Waals surface area contributed by atoms with Crippen LogP contribution in [0, 0.1) is 0 Å². The van der Waals surface area contributed by atoms with Crippen LogP contribution in [0.1, 0.15) is 316 Å². The molecule has 1 atom stereocenters. The molecule has 0 saturated carbocycles. The van der Waals surface area contributed by atoms with Gasteiger partial charge in [0.2, 0.25) is 0 Å². The summed E-state index contributed by atoms with van der Waals surface area (Å²) in [6, 6.07) is 0. The van der Waals surface area contributed by atoms with Crippen LogP contribution in [0.3, 0.4) is 0 Å². The van der Waals surface area contributed by atoms with Crippen molar-refractivity contribution in [2.75, 3.05) is 13.2 Å². The van der Waals surface area contributed by atoms with E-state index in [2.05, 4.69) is 93.7 Å². The average molecular weight is 1020 g/mol. The summed E-state index contributed by atoms with van der Waals surface area (Å²) in [6.45, 7) is 6.54. The summed E-state index contributed by atoms with van der Waals surface area (Å²) in [5.74, 6) is -0.895. The maximum Gasteiger partial charge on any atom is 0.306 e. The molecule has 0 aromatic rings. The lowest BCUT2D eigenvalue weighted by atomic mass is 10.1. The molecule has 0 rings (SSSR count). The van der Waals surface area contributed by atoms with E-state index in [1.807, 2.05) is 0 Å². The molecule has 0 fully saturated rings. The van der Waals surface area contributed by atoms with E-state index in [1.165, 1.54) is 173 Å². The van der Waals surface area contributed by atoms with Gasteiger partial charge in [0, 0.05) is 19.3 Å². The van der Waals surface area contributed by atoms with Gasteiger partial charge in [-0.1, -0.05) is 261 Å². The Morgan fingerprint density at radius 3 is 0.849 bits per heavy atom. The average Bonchev–Trinajstić information content (AvgIpc) is 3.39. The third-order valence-corrected chi connectivity index (χ3v) is 13.7. The third-order valence-electron chi connectivity index (χ3n) is 13.7. The van der Waals surface area contributed by atoms with Gasteiger partial charge >= 0.3 is 17.9 Å². The van der Waals surface area contributed by atoms with E-state index in [0.29, 0.717) is 19.3 Å². The maximum atomic E-state index is 12.9. The second kappa shape index (κ2) is 61.4. The van der Waals surface area contributed by atoms with E-state index in [1.54, 1.807) is 0 Å². The minimum atomic E-state index is -0.788. The fourth-order valence-corrected chi connectivity index (χ4v) is 8.95. The molecule has 0 N–H and O–H groups in total. The van der Waals surface area contributed by atoms with Crippen LogP contribution in [-0.2, 0) is 28.6 Å². The maximum absolute atomic E-state index is 12.9. The van der Waals surface area contributed by atoms with Crippen molar-refractivity contribution in [3.05, 3.63) is 72.9 Å². The van der Waals surface area contributed by atoms with E-state index in [-0.39, 0.29) is 31.1 Å². The third kappa shape index (κ3) is 59.6. The zero-order valence-corrected chi connectivity index (χ0v) is 48.4. The molecule has 0 saturated heterocycles. The Balaban J connectivity index is 4.38. The van der Waals surface area contributed by atoms with Crippen molar-refractivity contribution in [1.29, 1.82) is 0 Å². The Hall–Kier alpha value is -3.15. The second-order valence-corrected chi connectivity index (χ2v) is 20.9. The first-order chi connectivity index (χ1) is 36.0. The monoisotopic (exact) mass is 1020 g/mol. The number of carbonyl (C=O) groups excluding carboxylic acids is 3. The van der Waals surface area contributed by atoms with Gasteiger partial charge in [-0.2, -0.15) is 0 Å². The number of allylic oxidation sites excluding steroid dienone is 12. The van der Waals surface area contributed by atoms with Gasteiger partial charge < -0.3 is 14.2 Å². The van der Waals surface area contributed by atoms with Gasteiger partial charge in [-0.25, -0.2) is 0 Å². The molecule has 6 nitrogen and oxygen atoms in total. The molecule has 0 aliphatic rings. The SMILES string of the molecule is CC/C=C\C/C=C\C/C=C\C/C=C\CCCCCCCCC(=O)OC(COC(=O)CCCCCCC/C=C\CCCCCCCC)COC(=O)CCCCCCCCCCC/C=C\CCCCCCCCCC. The van der Waals surface area contributed by atoms with Crippen molar-refractivity contribution in [3.8, 4) is 0 Å². The lowest BCUT2D eigenvalue weighted by molar-refractivity contribution is -0.167. The Morgan fingerprint density at radius 1 is 0.288 bits per heavy atom. The van der Waals surface area contributed by atoms with Gasteiger partial charge in [0.15, 0.2) is 6.10 Å². The van der Waals surface area contributed by atoms with Crippen LogP contribution in [0.25, 0.3) is 0 Å². The number of rotatable bonds is 57. The molecule has 0 aliphatic heterocycles. The van der Waals surface area contributed by atoms with Crippen molar-refractivity contribution in [1.82, 2.24) is 0 Å².